The van der Waals surface area contributed by atoms with Gasteiger partial charge in [-0.15, -0.1) is 0 Å². The van der Waals surface area contributed by atoms with Gasteiger partial charge in [-0.05, 0) is 47.1 Å². The van der Waals surface area contributed by atoms with Crippen molar-refractivity contribution in [3.63, 3.8) is 0 Å². The Hall–Kier alpha value is -1.33. The van der Waals surface area contributed by atoms with Crippen molar-refractivity contribution >= 4 is 39.1 Å². The first-order valence-corrected chi connectivity index (χ1v) is 6.80. The van der Waals surface area contributed by atoms with E-state index in [2.05, 4.69) is 21.2 Å². The normalized spacial score (nSPS) is 10.5. The van der Waals surface area contributed by atoms with Crippen molar-refractivity contribution in [2.75, 3.05) is 5.32 Å². The molecule has 1 heterocycles. The fraction of sp³-hybridized carbons (Fsp3) is 0.154. The van der Waals surface area contributed by atoms with Crippen LogP contribution in [0.1, 0.15) is 17.4 Å². The summed E-state index contributed by atoms with van der Waals surface area (Å²) in [6, 6.07) is 5.89. The summed E-state index contributed by atoms with van der Waals surface area (Å²) in [5.74, 6) is -0.662. The van der Waals surface area contributed by atoms with E-state index in [9.17, 15) is 9.18 Å². The zero-order valence-electron chi connectivity index (χ0n) is 10.1. The summed E-state index contributed by atoms with van der Waals surface area (Å²) >= 11 is 8.95. The smallest absolute Gasteiger partial charge is 0.272 e. The van der Waals surface area contributed by atoms with Crippen LogP contribution in [0.5, 0.6) is 0 Å². The third kappa shape index (κ3) is 3.16. The molecule has 100 valence electrons. The predicted molar refractivity (Wildman–Crippen MR) is 77.2 cm³/mol. The molecule has 0 atom stereocenters. The Morgan fingerprint density at radius 2 is 2.21 bits per heavy atom. The minimum atomic E-state index is -0.377. The highest BCUT2D eigenvalue weighted by Crippen LogP contribution is 2.21. The maximum atomic E-state index is 13.1. The van der Waals surface area contributed by atoms with Gasteiger partial charge in [-0.25, -0.2) is 4.39 Å². The molecule has 0 aliphatic heterocycles. The van der Waals surface area contributed by atoms with E-state index in [-0.39, 0.29) is 11.7 Å². The molecule has 1 aromatic heterocycles. The van der Waals surface area contributed by atoms with Gasteiger partial charge in [-0.1, -0.05) is 11.6 Å². The Morgan fingerprint density at radius 3 is 2.84 bits per heavy atom. The molecular formula is C13H11BrClFN2O. The van der Waals surface area contributed by atoms with Crippen LogP contribution in [0.15, 0.2) is 34.9 Å². The molecule has 0 radical (unpaired) electrons. The van der Waals surface area contributed by atoms with E-state index in [1.165, 1.54) is 18.2 Å². The molecule has 0 fully saturated rings. The number of nitrogens with zero attached hydrogens (tertiary/aromatic N) is 1. The fourth-order valence-electron chi connectivity index (χ4n) is 1.70. The van der Waals surface area contributed by atoms with E-state index in [4.69, 9.17) is 11.6 Å². The number of halogens is 3. The van der Waals surface area contributed by atoms with Gasteiger partial charge in [0.1, 0.15) is 11.5 Å². The number of benzene rings is 1. The molecule has 0 aliphatic rings. The van der Waals surface area contributed by atoms with Crippen LogP contribution >= 0.6 is 27.5 Å². The summed E-state index contributed by atoms with van der Waals surface area (Å²) in [4.78, 5) is 12.1. The van der Waals surface area contributed by atoms with Gasteiger partial charge in [0.2, 0.25) is 0 Å². The molecule has 0 spiro atoms. The van der Waals surface area contributed by atoms with Crippen molar-refractivity contribution in [1.82, 2.24) is 4.57 Å². The lowest BCUT2D eigenvalue weighted by atomic mass is 10.3. The first-order chi connectivity index (χ1) is 9.01. The van der Waals surface area contributed by atoms with Crippen LogP contribution in [0.25, 0.3) is 0 Å². The second-order valence-corrected chi connectivity index (χ2v) is 5.20. The highest BCUT2D eigenvalue weighted by atomic mass is 79.9. The zero-order chi connectivity index (χ0) is 14.0. The van der Waals surface area contributed by atoms with Crippen LogP contribution < -0.4 is 5.32 Å². The predicted octanol–water partition coefficient (Wildman–Crippen LogP) is 4.32. The summed E-state index contributed by atoms with van der Waals surface area (Å²) in [6.07, 6.45) is 1.69. The minimum absolute atomic E-state index is 0.285. The van der Waals surface area contributed by atoms with E-state index < -0.39 is 0 Å². The third-order valence-corrected chi connectivity index (χ3v) is 3.43. The van der Waals surface area contributed by atoms with Crippen molar-refractivity contribution in [3.05, 3.63) is 51.5 Å². The maximum absolute atomic E-state index is 13.1. The van der Waals surface area contributed by atoms with Crippen molar-refractivity contribution in [1.29, 1.82) is 0 Å². The zero-order valence-corrected chi connectivity index (χ0v) is 12.4. The van der Waals surface area contributed by atoms with Crippen LogP contribution in [0, 0.1) is 5.82 Å². The van der Waals surface area contributed by atoms with E-state index in [1.807, 2.05) is 6.92 Å². The van der Waals surface area contributed by atoms with Gasteiger partial charge in [0.05, 0.1) is 9.50 Å². The number of amides is 1. The number of hydrogen-bond donors (Lipinski definition) is 1. The van der Waals surface area contributed by atoms with Crippen molar-refractivity contribution < 1.29 is 9.18 Å². The molecule has 0 aliphatic carbocycles. The van der Waals surface area contributed by atoms with Gasteiger partial charge >= 0.3 is 0 Å². The number of rotatable bonds is 3. The summed E-state index contributed by atoms with van der Waals surface area (Å²) < 4.78 is 15.1. The molecule has 2 aromatic rings. The highest BCUT2D eigenvalue weighted by Gasteiger charge is 2.13. The number of anilines is 1. The average molecular weight is 346 g/mol. The molecule has 3 nitrogen and oxygen atoms in total. The molecule has 6 heteroatoms. The number of hydrogen-bond acceptors (Lipinski definition) is 1. The number of aromatic nitrogens is 1. The van der Waals surface area contributed by atoms with Gasteiger partial charge in [0, 0.05) is 18.4 Å². The molecule has 0 unspecified atom stereocenters. The maximum Gasteiger partial charge on any atom is 0.272 e. The van der Waals surface area contributed by atoms with Gasteiger partial charge in [0.25, 0.3) is 5.91 Å². The number of aryl methyl sites for hydroxylation is 1. The topological polar surface area (TPSA) is 34.0 Å². The molecule has 1 N–H and O–H groups in total. The minimum Gasteiger partial charge on any atom is -0.342 e. The van der Waals surface area contributed by atoms with Gasteiger partial charge in [-0.3, -0.25) is 4.79 Å². The Morgan fingerprint density at radius 1 is 1.47 bits per heavy atom. The Balaban J connectivity index is 2.22. The molecule has 1 aromatic carbocycles. The van der Waals surface area contributed by atoms with Crippen LogP contribution in [0.3, 0.4) is 0 Å². The SMILES string of the molecule is CCn1cc(Cl)cc1C(=O)Nc1ccc(F)c(Br)c1. The molecule has 0 saturated carbocycles. The van der Waals surface area contributed by atoms with Crippen molar-refractivity contribution in [3.8, 4) is 0 Å². The first-order valence-electron chi connectivity index (χ1n) is 5.63. The summed E-state index contributed by atoms with van der Waals surface area (Å²) in [5.41, 5.74) is 0.978. The van der Waals surface area contributed by atoms with Crippen LogP contribution in [0.2, 0.25) is 5.02 Å². The Labute approximate surface area is 123 Å². The van der Waals surface area contributed by atoms with Crippen LogP contribution in [-0.4, -0.2) is 10.5 Å². The molecule has 2 rings (SSSR count). The summed E-state index contributed by atoms with van der Waals surface area (Å²) in [7, 11) is 0. The van der Waals surface area contributed by atoms with E-state index in [1.54, 1.807) is 16.8 Å². The van der Waals surface area contributed by atoms with Crippen molar-refractivity contribution in [2.45, 2.75) is 13.5 Å². The van der Waals surface area contributed by atoms with Gasteiger partial charge in [-0.2, -0.15) is 0 Å². The molecule has 19 heavy (non-hydrogen) atoms. The van der Waals surface area contributed by atoms with Gasteiger partial charge in [0.15, 0.2) is 0 Å². The highest BCUT2D eigenvalue weighted by molar-refractivity contribution is 9.10. The summed E-state index contributed by atoms with van der Waals surface area (Å²) in [5, 5.41) is 3.21. The van der Waals surface area contributed by atoms with Crippen LogP contribution in [-0.2, 0) is 6.54 Å². The van der Waals surface area contributed by atoms with Crippen LogP contribution in [0.4, 0.5) is 10.1 Å². The van der Waals surface area contributed by atoms with E-state index >= 15 is 0 Å². The average Bonchev–Trinajstić information content (AvgIpc) is 2.75. The Bertz CT molecular complexity index is 627. The number of carbonyl (C=O) groups excluding carboxylic acids is 1. The largest absolute Gasteiger partial charge is 0.342 e. The first kappa shape index (κ1) is 14.1. The fourth-order valence-corrected chi connectivity index (χ4v) is 2.30. The van der Waals surface area contributed by atoms with E-state index in [0.717, 1.165) is 0 Å². The third-order valence-electron chi connectivity index (χ3n) is 2.61. The second-order valence-electron chi connectivity index (χ2n) is 3.91. The monoisotopic (exact) mass is 344 g/mol. The lowest BCUT2D eigenvalue weighted by molar-refractivity contribution is 0.101. The van der Waals surface area contributed by atoms with Crippen molar-refractivity contribution in [2.24, 2.45) is 0 Å². The molecule has 0 bridgehead atoms. The standard InChI is InChI=1S/C13H11BrClFN2O/c1-2-18-7-8(15)5-12(18)13(19)17-9-3-4-11(16)10(14)6-9/h3-7H,2H2,1H3,(H,17,19). The van der Waals surface area contributed by atoms with E-state index in [0.29, 0.717) is 27.4 Å². The molecule has 1 amide bonds. The molecular weight excluding hydrogens is 335 g/mol. The molecule has 0 saturated heterocycles. The van der Waals surface area contributed by atoms with Gasteiger partial charge < -0.3 is 9.88 Å². The quantitative estimate of drug-likeness (QED) is 0.883. The lowest BCUT2D eigenvalue weighted by Gasteiger charge is -2.08. The lowest BCUT2D eigenvalue weighted by Crippen LogP contribution is -2.16. The number of nitrogens with one attached hydrogen (secondary N) is 1. The second kappa shape index (κ2) is 5.75. The number of carbonyl (C=O) groups is 1. The Kier molecular flexibility index (Phi) is 4.27. The summed E-state index contributed by atoms with van der Waals surface area (Å²) in [6.45, 7) is 2.56.